The number of morpholine rings is 1. The van der Waals surface area contributed by atoms with Crippen LogP contribution < -0.4 is 0 Å². The number of ether oxygens (including phenoxy) is 1. The zero-order chi connectivity index (χ0) is 12.4. The minimum atomic E-state index is 0.120. The number of fused-ring (bicyclic) bond motifs is 2. The summed E-state index contributed by atoms with van der Waals surface area (Å²) in [6.07, 6.45) is 5.73. The fraction of sp³-hybridized carbons (Fsp3) is 0.400. The van der Waals surface area contributed by atoms with E-state index in [0.717, 1.165) is 18.4 Å². The topological polar surface area (TPSA) is 29.5 Å². The van der Waals surface area contributed by atoms with Crippen molar-refractivity contribution in [3.63, 3.8) is 0 Å². The van der Waals surface area contributed by atoms with Crippen LogP contribution in [-0.2, 0) is 9.53 Å². The fourth-order valence-corrected chi connectivity index (χ4v) is 2.81. The van der Waals surface area contributed by atoms with E-state index in [9.17, 15) is 4.79 Å². The summed E-state index contributed by atoms with van der Waals surface area (Å²) < 4.78 is 5.48. The molecule has 0 saturated carbocycles. The van der Waals surface area contributed by atoms with E-state index < -0.39 is 0 Å². The maximum absolute atomic E-state index is 12.2. The molecule has 1 aromatic carbocycles. The van der Waals surface area contributed by atoms with Gasteiger partial charge in [-0.25, -0.2) is 0 Å². The Morgan fingerprint density at radius 2 is 1.83 bits per heavy atom. The van der Waals surface area contributed by atoms with E-state index in [1.807, 2.05) is 41.3 Å². The quantitative estimate of drug-likeness (QED) is 0.744. The Morgan fingerprint density at radius 3 is 2.50 bits per heavy atom. The molecule has 2 aliphatic rings. The van der Waals surface area contributed by atoms with Crippen LogP contribution in [0.25, 0.3) is 6.08 Å². The molecule has 2 heterocycles. The smallest absolute Gasteiger partial charge is 0.247 e. The molecule has 2 saturated heterocycles. The molecule has 3 heteroatoms. The third-order valence-electron chi connectivity index (χ3n) is 3.71. The molecule has 1 amide bonds. The second kappa shape index (κ2) is 4.94. The molecule has 18 heavy (non-hydrogen) atoms. The van der Waals surface area contributed by atoms with Gasteiger partial charge in [0.05, 0.1) is 25.3 Å². The second-order valence-electron chi connectivity index (χ2n) is 4.91. The molecule has 2 fully saturated rings. The number of carbonyl (C=O) groups is 1. The summed E-state index contributed by atoms with van der Waals surface area (Å²) in [6, 6.07) is 10.5. The maximum atomic E-state index is 12.2. The molecule has 0 unspecified atom stereocenters. The summed E-state index contributed by atoms with van der Waals surface area (Å²) in [5.41, 5.74) is 1.06. The van der Waals surface area contributed by atoms with Gasteiger partial charge in [-0.1, -0.05) is 30.3 Å². The summed E-state index contributed by atoms with van der Waals surface area (Å²) in [5, 5.41) is 0. The number of carbonyl (C=O) groups excluding carboxylic acids is 1. The lowest BCUT2D eigenvalue weighted by Crippen LogP contribution is -2.48. The Bertz CT molecular complexity index is 439. The first-order valence-corrected chi connectivity index (χ1v) is 6.48. The third-order valence-corrected chi connectivity index (χ3v) is 3.71. The lowest BCUT2D eigenvalue weighted by molar-refractivity contribution is -0.135. The summed E-state index contributed by atoms with van der Waals surface area (Å²) in [4.78, 5) is 14.2. The van der Waals surface area contributed by atoms with Gasteiger partial charge in [-0.2, -0.15) is 0 Å². The zero-order valence-corrected chi connectivity index (χ0v) is 10.3. The van der Waals surface area contributed by atoms with E-state index in [1.54, 1.807) is 6.08 Å². The fourth-order valence-electron chi connectivity index (χ4n) is 2.81. The van der Waals surface area contributed by atoms with Gasteiger partial charge in [-0.3, -0.25) is 4.79 Å². The molecule has 94 valence electrons. The molecule has 2 bridgehead atoms. The van der Waals surface area contributed by atoms with Crippen molar-refractivity contribution in [1.29, 1.82) is 0 Å². The van der Waals surface area contributed by atoms with Gasteiger partial charge in [0.2, 0.25) is 5.91 Å². The van der Waals surface area contributed by atoms with E-state index in [0.29, 0.717) is 13.2 Å². The van der Waals surface area contributed by atoms with Gasteiger partial charge < -0.3 is 9.64 Å². The molecule has 3 nitrogen and oxygen atoms in total. The van der Waals surface area contributed by atoms with Crippen LogP contribution in [0.15, 0.2) is 36.4 Å². The zero-order valence-electron chi connectivity index (χ0n) is 10.3. The number of benzene rings is 1. The molecule has 3 rings (SSSR count). The Balaban J connectivity index is 1.70. The van der Waals surface area contributed by atoms with Gasteiger partial charge in [0, 0.05) is 6.08 Å². The Hall–Kier alpha value is -1.61. The molecule has 0 aliphatic carbocycles. The molecule has 0 radical (unpaired) electrons. The van der Waals surface area contributed by atoms with Crippen molar-refractivity contribution in [2.45, 2.75) is 24.9 Å². The SMILES string of the molecule is O=C(/C=C/c1ccccc1)N1[C@H]2CC[C@H]1COC2. The highest BCUT2D eigenvalue weighted by Crippen LogP contribution is 2.28. The standard InChI is InChI=1S/C15H17NO2/c17-15(9-6-12-4-2-1-3-5-12)16-13-7-8-14(16)11-18-10-13/h1-6,9,13-14H,7-8,10-11H2/b9-6+/t13-,14-/m0/s1. The van der Waals surface area contributed by atoms with E-state index >= 15 is 0 Å². The Morgan fingerprint density at radius 1 is 1.17 bits per heavy atom. The van der Waals surface area contributed by atoms with Gasteiger partial charge in [0.15, 0.2) is 0 Å². The molecule has 2 atom stereocenters. The van der Waals surface area contributed by atoms with Crippen molar-refractivity contribution in [1.82, 2.24) is 4.90 Å². The largest absolute Gasteiger partial charge is 0.377 e. The summed E-state index contributed by atoms with van der Waals surface area (Å²) in [6.45, 7) is 1.39. The number of rotatable bonds is 2. The lowest BCUT2D eigenvalue weighted by atomic mass is 10.2. The highest BCUT2D eigenvalue weighted by atomic mass is 16.5. The Labute approximate surface area is 107 Å². The predicted octanol–water partition coefficient (Wildman–Crippen LogP) is 2.09. The number of amides is 1. The van der Waals surface area contributed by atoms with Crippen LogP contribution in [0.2, 0.25) is 0 Å². The van der Waals surface area contributed by atoms with Gasteiger partial charge in [-0.15, -0.1) is 0 Å². The minimum Gasteiger partial charge on any atom is -0.377 e. The molecule has 0 spiro atoms. The van der Waals surface area contributed by atoms with E-state index in [2.05, 4.69) is 0 Å². The van der Waals surface area contributed by atoms with Crippen LogP contribution in [0.1, 0.15) is 18.4 Å². The van der Waals surface area contributed by atoms with Crippen molar-refractivity contribution >= 4 is 12.0 Å². The Kier molecular flexibility index (Phi) is 3.15. The molecular formula is C15H17NO2. The normalized spacial score (nSPS) is 26.8. The van der Waals surface area contributed by atoms with Crippen LogP contribution in [-0.4, -0.2) is 36.1 Å². The maximum Gasteiger partial charge on any atom is 0.247 e. The van der Waals surface area contributed by atoms with Crippen LogP contribution in [0.4, 0.5) is 0 Å². The summed E-state index contributed by atoms with van der Waals surface area (Å²) in [7, 11) is 0. The minimum absolute atomic E-state index is 0.120. The van der Waals surface area contributed by atoms with Crippen LogP contribution >= 0.6 is 0 Å². The third kappa shape index (κ3) is 2.18. The predicted molar refractivity (Wildman–Crippen MR) is 70.0 cm³/mol. The van der Waals surface area contributed by atoms with Gasteiger partial charge in [0.1, 0.15) is 0 Å². The van der Waals surface area contributed by atoms with E-state index in [-0.39, 0.29) is 18.0 Å². The van der Waals surface area contributed by atoms with Crippen LogP contribution in [0, 0.1) is 0 Å². The van der Waals surface area contributed by atoms with E-state index in [1.165, 1.54) is 0 Å². The van der Waals surface area contributed by atoms with E-state index in [4.69, 9.17) is 4.74 Å². The first kappa shape index (κ1) is 11.5. The summed E-state index contributed by atoms with van der Waals surface area (Å²) in [5.74, 6) is 0.120. The molecular weight excluding hydrogens is 226 g/mol. The first-order valence-electron chi connectivity index (χ1n) is 6.48. The highest BCUT2D eigenvalue weighted by molar-refractivity contribution is 5.92. The first-order chi connectivity index (χ1) is 8.84. The van der Waals surface area contributed by atoms with Crippen LogP contribution in [0.5, 0.6) is 0 Å². The number of hydrogen-bond donors (Lipinski definition) is 0. The lowest BCUT2D eigenvalue weighted by Gasteiger charge is -2.33. The average Bonchev–Trinajstić information content (AvgIpc) is 2.67. The van der Waals surface area contributed by atoms with Crippen molar-refractivity contribution in [3.8, 4) is 0 Å². The van der Waals surface area contributed by atoms with Gasteiger partial charge in [-0.05, 0) is 24.5 Å². The molecule has 0 aromatic heterocycles. The highest BCUT2D eigenvalue weighted by Gasteiger charge is 2.39. The molecule has 2 aliphatic heterocycles. The monoisotopic (exact) mass is 243 g/mol. The molecule has 0 N–H and O–H groups in total. The second-order valence-corrected chi connectivity index (χ2v) is 4.91. The van der Waals surface area contributed by atoms with Gasteiger partial charge in [0.25, 0.3) is 0 Å². The van der Waals surface area contributed by atoms with Crippen molar-refractivity contribution in [2.24, 2.45) is 0 Å². The van der Waals surface area contributed by atoms with Crippen molar-refractivity contribution in [3.05, 3.63) is 42.0 Å². The summed E-state index contributed by atoms with van der Waals surface area (Å²) >= 11 is 0. The van der Waals surface area contributed by atoms with Crippen molar-refractivity contribution < 1.29 is 9.53 Å². The molecule has 1 aromatic rings. The van der Waals surface area contributed by atoms with Crippen LogP contribution in [0.3, 0.4) is 0 Å². The number of hydrogen-bond acceptors (Lipinski definition) is 2. The average molecular weight is 243 g/mol. The number of nitrogens with zero attached hydrogens (tertiary/aromatic N) is 1. The van der Waals surface area contributed by atoms with Crippen molar-refractivity contribution in [2.75, 3.05) is 13.2 Å². The van der Waals surface area contributed by atoms with Gasteiger partial charge >= 0.3 is 0 Å².